The predicted molar refractivity (Wildman–Crippen MR) is 115 cm³/mol. The van der Waals surface area contributed by atoms with Crippen LogP contribution in [0.5, 0.6) is 11.5 Å². The van der Waals surface area contributed by atoms with Crippen LogP contribution in [0.4, 0.5) is 11.4 Å². The van der Waals surface area contributed by atoms with Gasteiger partial charge in [-0.15, -0.1) is 0 Å². The first-order valence-corrected chi connectivity index (χ1v) is 10.4. The summed E-state index contributed by atoms with van der Waals surface area (Å²) in [7, 11) is 0. The molecule has 2 amide bonds. The molecule has 0 radical (unpaired) electrons. The number of fused-ring (bicyclic) bond motifs is 2. The second kappa shape index (κ2) is 8.75. The average molecular weight is 409 g/mol. The Labute approximate surface area is 176 Å². The van der Waals surface area contributed by atoms with Crippen LogP contribution >= 0.6 is 0 Å². The first-order chi connectivity index (χ1) is 14.5. The zero-order chi connectivity index (χ0) is 21.1. The van der Waals surface area contributed by atoms with Crippen LogP contribution in [0, 0.1) is 0 Å². The summed E-state index contributed by atoms with van der Waals surface area (Å²) < 4.78 is 11.1. The Kier molecular flexibility index (Phi) is 5.90. The third kappa shape index (κ3) is 4.26. The highest BCUT2D eigenvalue weighted by Gasteiger charge is 2.31. The van der Waals surface area contributed by atoms with Gasteiger partial charge in [0.1, 0.15) is 13.2 Å². The molecule has 2 aromatic carbocycles. The lowest BCUT2D eigenvalue weighted by atomic mass is 10.1. The SMILES string of the molecule is CCN(CC(=O)Nc1ccc2c(c1)OCCO2)CC(=O)N1c2ccccc2C[C@@H]1C. The quantitative estimate of drug-likeness (QED) is 0.794. The molecule has 2 heterocycles. The van der Waals surface area contributed by atoms with Gasteiger partial charge in [-0.1, -0.05) is 25.1 Å². The lowest BCUT2D eigenvalue weighted by Crippen LogP contribution is -2.45. The molecule has 4 rings (SSSR count). The Morgan fingerprint density at radius 2 is 1.87 bits per heavy atom. The second-order valence-corrected chi connectivity index (χ2v) is 7.66. The summed E-state index contributed by atoms with van der Waals surface area (Å²) in [4.78, 5) is 29.3. The number of nitrogens with zero attached hydrogens (tertiary/aromatic N) is 2. The molecule has 0 aliphatic carbocycles. The van der Waals surface area contributed by atoms with E-state index in [1.54, 1.807) is 18.2 Å². The van der Waals surface area contributed by atoms with Gasteiger partial charge in [0.2, 0.25) is 11.8 Å². The van der Waals surface area contributed by atoms with Gasteiger partial charge in [-0.2, -0.15) is 0 Å². The number of carbonyl (C=O) groups excluding carboxylic acids is 2. The number of para-hydroxylation sites is 1. The monoisotopic (exact) mass is 409 g/mol. The lowest BCUT2D eigenvalue weighted by molar-refractivity contribution is -0.121. The van der Waals surface area contributed by atoms with Crippen LogP contribution < -0.4 is 19.7 Å². The standard InChI is InChI=1S/C23H27N3O4/c1-3-25(15-23(28)26-16(2)12-17-6-4-5-7-19(17)26)14-22(27)24-18-8-9-20-21(13-18)30-11-10-29-20/h4-9,13,16H,3,10-12,14-15H2,1-2H3,(H,24,27)/t16-/m0/s1. The molecule has 0 fully saturated rings. The van der Waals surface area contributed by atoms with Gasteiger partial charge < -0.3 is 19.7 Å². The highest BCUT2D eigenvalue weighted by atomic mass is 16.6. The summed E-state index contributed by atoms with van der Waals surface area (Å²) in [5, 5.41) is 2.88. The molecule has 158 valence electrons. The van der Waals surface area contributed by atoms with E-state index in [0.29, 0.717) is 36.9 Å². The highest BCUT2D eigenvalue weighted by molar-refractivity contribution is 5.98. The Bertz CT molecular complexity index is 946. The number of anilines is 2. The summed E-state index contributed by atoms with van der Waals surface area (Å²) in [5.41, 5.74) is 2.82. The van der Waals surface area contributed by atoms with Crippen molar-refractivity contribution >= 4 is 23.2 Å². The molecule has 2 aliphatic heterocycles. The summed E-state index contributed by atoms with van der Waals surface area (Å²) >= 11 is 0. The third-order valence-electron chi connectivity index (χ3n) is 5.48. The molecule has 1 atom stereocenters. The number of ether oxygens (including phenoxy) is 2. The molecular formula is C23H27N3O4. The molecule has 0 unspecified atom stereocenters. The average Bonchev–Trinajstić information content (AvgIpc) is 3.08. The number of hydrogen-bond donors (Lipinski definition) is 1. The first kappa shape index (κ1) is 20.2. The molecule has 30 heavy (non-hydrogen) atoms. The third-order valence-corrected chi connectivity index (χ3v) is 5.48. The Morgan fingerprint density at radius 3 is 2.67 bits per heavy atom. The molecule has 2 aliphatic rings. The molecule has 0 aromatic heterocycles. The van der Waals surface area contributed by atoms with Crippen LogP contribution in [-0.2, 0) is 16.0 Å². The summed E-state index contributed by atoms with van der Waals surface area (Å²) in [6, 6.07) is 13.5. The number of benzene rings is 2. The molecule has 0 spiro atoms. The van der Waals surface area contributed by atoms with Crippen molar-refractivity contribution in [1.82, 2.24) is 4.90 Å². The van der Waals surface area contributed by atoms with Crippen LogP contribution in [0.15, 0.2) is 42.5 Å². The zero-order valence-corrected chi connectivity index (χ0v) is 17.4. The number of amides is 2. The Hall–Kier alpha value is -3.06. The van der Waals surface area contributed by atoms with E-state index in [9.17, 15) is 9.59 Å². The van der Waals surface area contributed by atoms with Crippen LogP contribution in [0.25, 0.3) is 0 Å². The zero-order valence-electron chi connectivity index (χ0n) is 17.4. The van der Waals surface area contributed by atoms with Crippen molar-refractivity contribution in [3.05, 3.63) is 48.0 Å². The summed E-state index contributed by atoms with van der Waals surface area (Å²) in [5.74, 6) is 1.15. The van der Waals surface area contributed by atoms with Crippen LogP contribution in [0.3, 0.4) is 0 Å². The van der Waals surface area contributed by atoms with Crippen LogP contribution in [0.2, 0.25) is 0 Å². The molecule has 0 saturated carbocycles. The van der Waals surface area contributed by atoms with Gasteiger partial charge in [-0.3, -0.25) is 14.5 Å². The minimum atomic E-state index is -0.170. The lowest BCUT2D eigenvalue weighted by Gasteiger charge is -2.27. The maximum absolute atomic E-state index is 13.0. The van der Waals surface area contributed by atoms with Gasteiger partial charge in [-0.25, -0.2) is 0 Å². The first-order valence-electron chi connectivity index (χ1n) is 10.4. The number of likely N-dealkylation sites (N-methyl/N-ethyl adjacent to an activating group) is 1. The van der Waals surface area contributed by atoms with E-state index in [-0.39, 0.29) is 30.9 Å². The van der Waals surface area contributed by atoms with Crippen molar-refractivity contribution in [2.75, 3.05) is 43.1 Å². The van der Waals surface area contributed by atoms with Crippen molar-refractivity contribution in [1.29, 1.82) is 0 Å². The van der Waals surface area contributed by atoms with E-state index in [1.807, 2.05) is 34.9 Å². The summed E-state index contributed by atoms with van der Waals surface area (Å²) in [6.07, 6.45) is 0.860. The predicted octanol–water partition coefficient (Wildman–Crippen LogP) is 2.70. The van der Waals surface area contributed by atoms with E-state index in [2.05, 4.69) is 18.3 Å². The van der Waals surface area contributed by atoms with Crippen molar-refractivity contribution < 1.29 is 19.1 Å². The fraction of sp³-hybridized carbons (Fsp3) is 0.391. The second-order valence-electron chi connectivity index (χ2n) is 7.66. The van der Waals surface area contributed by atoms with Gasteiger partial charge in [-0.05, 0) is 43.7 Å². The van der Waals surface area contributed by atoms with Gasteiger partial charge in [0.05, 0.1) is 13.1 Å². The summed E-state index contributed by atoms with van der Waals surface area (Å²) in [6.45, 7) is 5.97. The van der Waals surface area contributed by atoms with Gasteiger partial charge in [0.25, 0.3) is 0 Å². The fourth-order valence-corrected chi connectivity index (χ4v) is 4.02. The molecular weight excluding hydrogens is 382 g/mol. The number of hydrogen-bond acceptors (Lipinski definition) is 5. The highest BCUT2D eigenvalue weighted by Crippen LogP contribution is 2.33. The largest absolute Gasteiger partial charge is 0.486 e. The minimum absolute atomic E-state index is 0.0152. The molecule has 1 N–H and O–H groups in total. The number of carbonyl (C=O) groups is 2. The normalized spacial score (nSPS) is 17.0. The van der Waals surface area contributed by atoms with Crippen molar-refractivity contribution in [2.45, 2.75) is 26.3 Å². The van der Waals surface area contributed by atoms with Crippen molar-refractivity contribution in [2.24, 2.45) is 0 Å². The smallest absolute Gasteiger partial charge is 0.241 e. The van der Waals surface area contributed by atoms with E-state index >= 15 is 0 Å². The van der Waals surface area contributed by atoms with E-state index in [4.69, 9.17) is 9.47 Å². The fourth-order valence-electron chi connectivity index (χ4n) is 4.02. The van der Waals surface area contributed by atoms with Crippen LogP contribution in [0.1, 0.15) is 19.4 Å². The Morgan fingerprint density at radius 1 is 1.10 bits per heavy atom. The van der Waals surface area contributed by atoms with E-state index in [0.717, 1.165) is 12.1 Å². The minimum Gasteiger partial charge on any atom is -0.486 e. The molecule has 7 heteroatoms. The van der Waals surface area contributed by atoms with Gasteiger partial charge >= 0.3 is 0 Å². The topological polar surface area (TPSA) is 71.1 Å². The number of rotatable bonds is 6. The molecule has 0 saturated heterocycles. The van der Waals surface area contributed by atoms with Gasteiger partial charge in [0.15, 0.2) is 11.5 Å². The van der Waals surface area contributed by atoms with Crippen molar-refractivity contribution in [3.8, 4) is 11.5 Å². The number of nitrogens with one attached hydrogen (secondary N) is 1. The van der Waals surface area contributed by atoms with Gasteiger partial charge in [0, 0.05) is 23.5 Å². The van der Waals surface area contributed by atoms with E-state index < -0.39 is 0 Å². The van der Waals surface area contributed by atoms with E-state index in [1.165, 1.54) is 5.56 Å². The van der Waals surface area contributed by atoms with Crippen LogP contribution in [-0.4, -0.2) is 55.6 Å². The van der Waals surface area contributed by atoms with Crippen molar-refractivity contribution in [3.63, 3.8) is 0 Å². The molecule has 0 bridgehead atoms. The molecule has 7 nitrogen and oxygen atoms in total. The maximum Gasteiger partial charge on any atom is 0.241 e. The molecule has 2 aromatic rings. The Balaban J connectivity index is 1.36. The maximum atomic E-state index is 13.0.